The minimum absolute atomic E-state index is 0.0672. The molecule has 1 atom stereocenters. The van der Waals surface area contributed by atoms with Crippen molar-refractivity contribution < 1.29 is 24.5 Å². The number of carbonyl (C=O) groups is 1. The Hall–Kier alpha value is -2.32. The number of methoxy groups -OCH3 is 1. The summed E-state index contributed by atoms with van der Waals surface area (Å²) < 4.78 is 10.9. The van der Waals surface area contributed by atoms with E-state index in [-0.39, 0.29) is 12.5 Å². The molecular formula is C22H27ClN2O5. The van der Waals surface area contributed by atoms with Gasteiger partial charge in [0.15, 0.2) is 6.61 Å². The molecule has 1 amide bonds. The molecule has 2 aromatic rings. The molecule has 1 fully saturated rings. The first-order valence-electron chi connectivity index (χ1n) is 9.84. The van der Waals surface area contributed by atoms with Crippen LogP contribution >= 0.6 is 11.6 Å². The quantitative estimate of drug-likeness (QED) is 0.662. The van der Waals surface area contributed by atoms with Gasteiger partial charge in [-0.15, -0.1) is 0 Å². The number of rotatable bonds is 8. The van der Waals surface area contributed by atoms with Gasteiger partial charge in [0.2, 0.25) is 0 Å². The molecule has 0 radical (unpaired) electrons. The highest BCUT2D eigenvalue weighted by Crippen LogP contribution is 2.29. The largest absolute Gasteiger partial charge is 0.496 e. The first-order valence-corrected chi connectivity index (χ1v) is 10.2. The molecule has 7 nitrogen and oxygen atoms in total. The second kappa shape index (κ2) is 10.6. The smallest absolute Gasteiger partial charge is 0.260 e. The highest BCUT2D eigenvalue weighted by atomic mass is 35.5. The van der Waals surface area contributed by atoms with E-state index in [0.717, 1.165) is 24.7 Å². The Kier molecular flexibility index (Phi) is 7.93. The van der Waals surface area contributed by atoms with Gasteiger partial charge in [-0.05, 0) is 29.8 Å². The highest BCUT2D eigenvalue weighted by Gasteiger charge is 2.22. The number of aliphatic hydroxyl groups excluding tert-OH is 2. The van der Waals surface area contributed by atoms with Crippen LogP contribution in [0.4, 0.5) is 0 Å². The first kappa shape index (κ1) is 22.4. The summed E-state index contributed by atoms with van der Waals surface area (Å²) in [6.07, 6.45) is -1.03. The number of hydrogen-bond acceptors (Lipinski definition) is 6. The summed E-state index contributed by atoms with van der Waals surface area (Å²) in [5.74, 6) is 0.798. The van der Waals surface area contributed by atoms with Crippen molar-refractivity contribution in [2.24, 2.45) is 0 Å². The predicted octanol–water partition coefficient (Wildman–Crippen LogP) is 2.10. The molecule has 1 heterocycles. The molecule has 0 bridgehead atoms. The molecule has 30 heavy (non-hydrogen) atoms. The summed E-state index contributed by atoms with van der Waals surface area (Å²) in [6, 6.07) is 12.7. The fourth-order valence-corrected chi connectivity index (χ4v) is 3.52. The number of piperazine rings is 1. The number of ether oxygens (including phenoxy) is 2. The lowest BCUT2D eigenvalue weighted by Gasteiger charge is -2.34. The molecule has 1 saturated heterocycles. The van der Waals surface area contributed by atoms with Crippen molar-refractivity contribution >= 4 is 17.5 Å². The van der Waals surface area contributed by atoms with Crippen LogP contribution in [0.15, 0.2) is 42.5 Å². The molecule has 162 valence electrons. The van der Waals surface area contributed by atoms with E-state index in [4.69, 9.17) is 26.2 Å². The summed E-state index contributed by atoms with van der Waals surface area (Å²) in [5.41, 5.74) is 1.67. The van der Waals surface area contributed by atoms with Crippen LogP contribution in [0.2, 0.25) is 5.02 Å². The Morgan fingerprint density at radius 1 is 1.13 bits per heavy atom. The summed E-state index contributed by atoms with van der Waals surface area (Å²) in [7, 11) is 1.47. The molecule has 1 aliphatic rings. The molecule has 2 aromatic carbocycles. The lowest BCUT2D eigenvalue weighted by atomic mass is 10.1. The second-order valence-electron chi connectivity index (χ2n) is 7.17. The van der Waals surface area contributed by atoms with Crippen LogP contribution < -0.4 is 9.47 Å². The number of carbonyl (C=O) groups excluding carboxylic acids is 1. The molecule has 0 aromatic heterocycles. The van der Waals surface area contributed by atoms with Crippen LogP contribution in [0.1, 0.15) is 17.2 Å². The number of nitrogens with zero attached hydrogens (tertiary/aromatic N) is 2. The van der Waals surface area contributed by atoms with Crippen LogP contribution in [-0.4, -0.2) is 72.4 Å². The lowest BCUT2D eigenvalue weighted by molar-refractivity contribution is -0.135. The SMILES string of the molecule is COc1cc(OCC(=O)N2CCN(Cc3ccc(Cl)cc3)CC2)ccc1C(O)CO. The molecule has 1 unspecified atom stereocenters. The van der Waals surface area contributed by atoms with E-state index in [1.54, 1.807) is 23.1 Å². The van der Waals surface area contributed by atoms with Gasteiger partial charge in [-0.3, -0.25) is 9.69 Å². The molecule has 2 N–H and O–H groups in total. The van der Waals surface area contributed by atoms with Gasteiger partial charge >= 0.3 is 0 Å². The number of halogens is 1. The Morgan fingerprint density at radius 3 is 2.47 bits per heavy atom. The number of hydrogen-bond donors (Lipinski definition) is 2. The molecular weight excluding hydrogens is 408 g/mol. The number of aliphatic hydroxyl groups is 2. The summed E-state index contributed by atoms with van der Waals surface area (Å²) in [4.78, 5) is 16.6. The molecule has 0 saturated carbocycles. The molecule has 3 rings (SSSR count). The maximum Gasteiger partial charge on any atom is 0.260 e. The standard InChI is InChI=1S/C22H27ClN2O5/c1-29-21-12-18(6-7-19(21)20(27)14-26)30-15-22(28)25-10-8-24(9-11-25)13-16-2-4-17(23)5-3-16/h2-7,12,20,26-27H,8-11,13-15H2,1H3. The topological polar surface area (TPSA) is 82.5 Å². The van der Waals surface area contributed by atoms with Crippen molar-refractivity contribution in [3.63, 3.8) is 0 Å². The van der Waals surface area contributed by atoms with E-state index >= 15 is 0 Å². The number of amides is 1. The predicted molar refractivity (Wildman–Crippen MR) is 114 cm³/mol. The molecule has 0 aliphatic carbocycles. The number of benzene rings is 2. The van der Waals surface area contributed by atoms with Crippen molar-refractivity contribution in [3.05, 3.63) is 58.6 Å². The van der Waals surface area contributed by atoms with Crippen molar-refractivity contribution in [2.45, 2.75) is 12.6 Å². The van der Waals surface area contributed by atoms with E-state index in [0.29, 0.717) is 30.2 Å². The van der Waals surface area contributed by atoms with Gasteiger partial charge in [-0.1, -0.05) is 23.7 Å². The lowest BCUT2D eigenvalue weighted by Crippen LogP contribution is -2.49. The minimum atomic E-state index is -1.03. The highest BCUT2D eigenvalue weighted by molar-refractivity contribution is 6.30. The normalized spacial score (nSPS) is 15.7. The maximum absolute atomic E-state index is 12.5. The van der Waals surface area contributed by atoms with Crippen LogP contribution in [0, 0.1) is 0 Å². The van der Waals surface area contributed by atoms with Gasteiger partial charge in [0.1, 0.15) is 17.6 Å². The fourth-order valence-electron chi connectivity index (χ4n) is 3.39. The Balaban J connectivity index is 1.47. The van der Waals surface area contributed by atoms with Gasteiger partial charge < -0.3 is 24.6 Å². The van der Waals surface area contributed by atoms with Crippen LogP contribution in [0.5, 0.6) is 11.5 Å². The van der Waals surface area contributed by atoms with Crippen molar-refractivity contribution in [2.75, 3.05) is 46.5 Å². The van der Waals surface area contributed by atoms with E-state index in [9.17, 15) is 9.90 Å². The zero-order chi connectivity index (χ0) is 21.5. The van der Waals surface area contributed by atoms with Crippen LogP contribution in [0.25, 0.3) is 0 Å². The van der Waals surface area contributed by atoms with Gasteiger partial charge in [-0.25, -0.2) is 0 Å². The fraction of sp³-hybridized carbons (Fsp3) is 0.409. The molecule has 8 heteroatoms. The minimum Gasteiger partial charge on any atom is -0.496 e. The third kappa shape index (κ3) is 5.86. The van der Waals surface area contributed by atoms with Crippen molar-refractivity contribution in [1.29, 1.82) is 0 Å². The van der Waals surface area contributed by atoms with E-state index < -0.39 is 12.7 Å². The van der Waals surface area contributed by atoms with Crippen molar-refractivity contribution in [3.8, 4) is 11.5 Å². The Labute approximate surface area is 181 Å². The van der Waals surface area contributed by atoms with Gasteiger partial charge in [0, 0.05) is 49.4 Å². The third-order valence-electron chi connectivity index (χ3n) is 5.14. The summed E-state index contributed by atoms with van der Waals surface area (Å²) >= 11 is 5.93. The monoisotopic (exact) mass is 434 g/mol. The van der Waals surface area contributed by atoms with E-state index in [2.05, 4.69) is 4.90 Å². The van der Waals surface area contributed by atoms with Crippen molar-refractivity contribution in [1.82, 2.24) is 9.80 Å². The maximum atomic E-state index is 12.5. The summed E-state index contributed by atoms with van der Waals surface area (Å²) in [6.45, 7) is 3.27. The second-order valence-corrected chi connectivity index (χ2v) is 7.61. The zero-order valence-corrected chi connectivity index (χ0v) is 17.7. The average Bonchev–Trinajstić information content (AvgIpc) is 2.78. The average molecular weight is 435 g/mol. The van der Waals surface area contributed by atoms with Gasteiger partial charge in [0.05, 0.1) is 13.7 Å². The Bertz CT molecular complexity index is 838. The van der Waals surface area contributed by atoms with Gasteiger partial charge in [-0.2, -0.15) is 0 Å². The van der Waals surface area contributed by atoms with Crippen LogP contribution in [0.3, 0.4) is 0 Å². The van der Waals surface area contributed by atoms with E-state index in [1.807, 2.05) is 24.3 Å². The molecule has 1 aliphatic heterocycles. The molecule has 0 spiro atoms. The summed E-state index contributed by atoms with van der Waals surface area (Å²) in [5, 5.41) is 19.6. The Morgan fingerprint density at radius 2 is 1.83 bits per heavy atom. The van der Waals surface area contributed by atoms with Gasteiger partial charge in [0.25, 0.3) is 5.91 Å². The first-order chi connectivity index (χ1) is 14.5. The van der Waals surface area contributed by atoms with Crippen LogP contribution in [-0.2, 0) is 11.3 Å². The van der Waals surface area contributed by atoms with E-state index in [1.165, 1.54) is 12.7 Å². The zero-order valence-electron chi connectivity index (χ0n) is 17.0. The third-order valence-corrected chi connectivity index (χ3v) is 5.40.